The minimum absolute atomic E-state index is 0.0239. The number of likely N-dealkylation sites (N-methyl/N-ethyl adjacent to an activating group) is 1. The summed E-state index contributed by atoms with van der Waals surface area (Å²) in [5.74, 6) is 0.600. The molecule has 9 heteroatoms. The molecule has 0 radical (unpaired) electrons. The third kappa shape index (κ3) is 6.28. The second-order valence-corrected chi connectivity index (χ2v) is 6.38. The fourth-order valence-electron chi connectivity index (χ4n) is 2.07. The molecule has 0 saturated carbocycles. The standard InChI is InChI=1S/C16H22N4O4S/c1-20(11-13(21)17-8-4-9-23-2)15(22)7-6-14-18-16(19-24-14)12-5-3-10-25-12/h3,5,10H,4,6-9,11H2,1-2H3,(H,17,21). The molecule has 2 rings (SSSR count). The van der Waals surface area contributed by atoms with E-state index in [0.29, 0.717) is 31.3 Å². The van der Waals surface area contributed by atoms with Crippen LogP contribution in [0.1, 0.15) is 18.7 Å². The van der Waals surface area contributed by atoms with Crippen LogP contribution in [0.3, 0.4) is 0 Å². The molecule has 0 fully saturated rings. The molecule has 0 atom stereocenters. The fraction of sp³-hybridized carbons (Fsp3) is 0.500. The maximum Gasteiger partial charge on any atom is 0.239 e. The van der Waals surface area contributed by atoms with Gasteiger partial charge in [0.15, 0.2) is 0 Å². The Hall–Kier alpha value is -2.26. The Balaban J connectivity index is 1.71. The number of ether oxygens (including phenoxy) is 1. The van der Waals surface area contributed by atoms with Gasteiger partial charge in [-0.15, -0.1) is 11.3 Å². The molecule has 1 N–H and O–H groups in total. The Morgan fingerprint density at radius 3 is 3.00 bits per heavy atom. The minimum Gasteiger partial charge on any atom is -0.385 e. The maximum atomic E-state index is 12.1. The first-order chi connectivity index (χ1) is 12.1. The molecule has 2 heterocycles. The summed E-state index contributed by atoms with van der Waals surface area (Å²) in [7, 11) is 3.21. The summed E-state index contributed by atoms with van der Waals surface area (Å²) in [6.45, 7) is 1.14. The fourth-order valence-corrected chi connectivity index (χ4v) is 2.72. The predicted octanol–water partition coefficient (Wildman–Crippen LogP) is 1.34. The van der Waals surface area contributed by atoms with Crippen molar-refractivity contribution in [2.24, 2.45) is 0 Å². The van der Waals surface area contributed by atoms with Crippen molar-refractivity contribution >= 4 is 23.2 Å². The van der Waals surface area contributed by atoms with Crippen molar-refractivity contribution in [3.05, 3.63) is 23.4 Å². The van der Waals surface area contributed by atoms with Crippen molar-refractivity contribution < 1.29 is 18.8 Å². The van der Waals surface area contributed by atoms with Crippen LogP contribution in [0.15, 0.2) is 22.0 Å². The Kier molecular flexibility index (Phi) is 7.55. The van der Waals surface area contributed by atoms with Gasteiger partial charge in [-0.3, -0.25) is 9.59 Å². The van der Waals surface area contributed by atoms with E-state index >= 15 is 0 Å². The third-order valence-corrected chi connectivity index (χ3v) is 4.28. The Morgan fingerprint density at radius 2 is 2.28 bits per heavy atom. The Morgan fingerprint density at radius 1 is 1.44 bits per heavy atom. The van der Waals surface area contributed by atoms with Crippen molar-refractivity contribution in [3.63, 3.8) is 0 Å². The van der Waals surface area contributed by atoms with Crippen LogP contribution < -0.4 is 5.32 Å². The van der Waals surface area contributed by atoms with Gasteiger partial charge in [-0.25, -0.2) is 0 Å². The number of amides is 2. The topological polar surface area (TPSA) is 97.6 Å². The first kappa shape index (κ1) is 19.1. The van der Waals surface area contributed by atoms with Gasteiger partial charge in [-0.2, -0.15) is 4.98 Å². The van der Waals surface area contributed by atoms with Crippen LogP contribution in [0.4, 0.5) is 0 Å². The summed E-state index contributed by atoms with van der Waals surface area (Å²) in [5.41, 5.74) is 0. The monoisotopic (exact) mass is 366 g/mol. The van der Waals surface area contributed by atoms with Crippen molar-refractivity contribution in [3.8, 4) is 10.7 Å². The van der Waals surface area contributed by atoms with Gasteiger partial charge in [0.25, 0.3) is 0 Å². The SMILES string of the molecule is COCCCNC(=O)CN(C)C(=O)CCc1nc(-c2cccs2)no1. The number of nitrogens with zero attached hydrogens (tertiary/aromatic N) is 3. The second kappa shape index (κ2) is 9.90. The number of rotatable bonds is 10. The number of aryl methyl sites for hydroxylation is 1. The minimum atomic E-state index is -0.190. The number of carbonyl (C=O) groups is 2. The summed E-state index contributed by atoms with van der Waals surface area (Å²) >= 11 is 1.52. The number of methoxy groups -OCH3 is 1. The number of hydrogen-bond donors (Lipinski definition) is 1. The molecule has 0 aliphatic rings. The van der Waals surface area contributed by atoms with Crippen LogP contribution in [0.2, 0.25) is 0 Å². The molecule has 2 amide bonds. The van der Waals surface area contributed by atoms with Crippen molar-refractivity contribution in [2.75, 3.05) is 33.9 Å². The molecule has 0 saturated heterocycles. The zero-order valence-electron chi connectivity index (χ0n) is 14.4. The van der Waals surface area contributed by atoms with Gasteiger partial charge in [-0.1, -0.05) is 11.2 Å². The lowest BCUT2D eigenvalue weighted by Gasteiger charge is -2.16. The van der Waals surface area contributed by atoms with E-state index in [2.05, 4.69) is 15.5 Å². The van der Waals surface area contributed by atoms with E-state index < -0.39 is 0 Å². The van der Waals surface area contributed by atoms with Gasteiger partial charge in [0, 0.05) is 40.2 Å². The zero-order valence-corrected chi connectivity index (χ0v) is 15.2. The van der Waals surface area contributed by atoms with E-state index in [0.717, 1.165) is 11.3 Å². The van der Waals surface area contributed by atoms with Crippen molar-refractivity contribution in [1.29, 1.82) is 0 Å². The van der Waals surface area contributed by atoms with E-state index in [1.165, 1.54) is 16.2 Å². The van der Waals surface area contributed by atoms with E-state index in [1.807, 2.05) is 17.5 Å². The van der Waals surface area contributed by atoms with Gasteiger partial charge in [0.1, 0.15) is 0 Å². The molecule has 25 heavy (non-hydrogen) atoms. The van der Waals surface area contributed by atoms with Gasteiger partial charge in [0.2, 0.25) is 23.5 Å². The van der Waals surface area contributed by atoms with Crippen LogP contribution >= 0.6 is 11.3 Å². The normalized spacial score (nSPS) is 10.6. The van der Waals surface area contributed by atoms with Gasteiger partial charge >= 0.3 is 0 Å². The summed E-state index contributed by atoms with van der Waals surface area (Å²) in [4.78, 5) is 30.4. The average molecular weight is 366 g/mol. The third-order valence-electron chi connectivity index (χ3n) is 3.42. The van der Waals surface area contributed by atoms with E-state index in [4.69, 9.17) is 9.26 Å². The quantitative estimate of drug-likeness (QED) is 0.637. The van der Waals surface area contributed by atoms with Gasteiger partial charge < -0.3 is 19.5 Å². The number of nitrogens with one attached hydrogen (secondary N) is 1. The molecule has 2 aromatic rings. The number of carbonyl (C=O) groups excluding carboxylic acids is 2. The Labute approximate surface area is 150 Å². The average Bonchev–Trinajstić information content (AvgIpc) is 3.27. The summed E-state index contributed by atoms with van der Waals surface area (Å²) in [6, 6.07) is 3.82. The van der Waals surface area contributed by atoms with Crippen molar-refractivity contribution in [2.45, 2.75) is 19.3 Å². The highest BCUT2D eigenvalue weighted by atomic mass is 32.1. The highest BCUT2D eigenvalue weighted by Crippen LogP contribution is 2.21. The van der Waals surface area contributed by atoms with Crippen LogP contribution in [0.5, 0.6) is 0 Å². The molecule has 0 unspecified atom stereocenters. The first-order valence-corrected chi connectivity index (χ1v) is 8.84. The lowest BCUT2D eigenvalue weighted by molar-refractivity contribution is -0.134. The highest BCUT2D eigenvalue weighted by molar-refractivity contribution is 7.13. The van der Waals surface area contributed by atoms with E-state index in [9.17, 15) is 9.59 Å². The lowest BCUT2D eigenvalue weighted by Crippen LogP contribution is -2.38. The molecule has 8 nitrogen and oxygen atoms in total. The summed E-state index contributed by atoms with van der Waals surface area (Å²) in [5, 5.41) is 8.58. The number of aromatic nitrogens is 2. The Bertz CT molecular complexity index is 671. The molecule has 0 aliphatic heterocycles. The summed E-state index contributed by atoms with van der Waals surface area (Å²) < 4.78 is 10.1. The molecule has 0 aliphatic carbocycles. The van der Waals surface area contributed by atoms with Crippen LogP contribution in [-0.4, -0.2) is 60.7 Å². The molecule has 2 aromatic heterocycles. The van der Waals surface area contributed by atoms with E-state index in [-0.39, 0.29) is 24.8 Å². The molecule has 136 valence electrons. The van der Waals surface area contributed by atoms with Crippen LogP contribution in [0, 0.1) is 0 Å². The largest absolute Gasteiger partial charge is 0.385 e. The van der Waals surface area contributed by atoms with Gasteiger partial charge in [0.05, 0.1) is 11.4 Å². The molecule has 0 bridgehead atoms. The first-order valence-electron chi connectivity index (χ1n) is 7.96. The van der Waals surface area contributed by atoms with E-state index in [1.54, 1.807) is 14.2 Å². The lowest BCUT2D eigenvalue weighted by atomic mass is 10.2. The van der Waals surface area contributed by atoms with Crippen LogP contribution in [-0.2, 0) is 20.7 Å². The smallest absolute Gasteiger partial charge is 0.239 e. The predicted molar refractivity (Wildman–Crippen MR) is 93.1 cm³/mol. The number of thiophene rings is 1. The van der Waals surface area contributed by atoms with Crippen LogP contribution in [0.25, 0.3) is 10.7 Å². The summed E-state index contributed by atoms with van der Waals surface area (Å²) in [6.07, 6.45) is 1.29. The molecular formula is C16H22N4O4S. The molecular weight excluding hydrogens is 344 g/mol. The number of hydrogen-bond acceptors (Lipinski definition) is 7. The van der Waals surface area contributed by atoms with Gasteiger partial charge in [-0.05, 0) is 17.9 Å². The molecule has 0 aromatic carbocycles. The molecule has 0 spiro atoms. The highest BCUT2D eigenvalue weighted by Gasteiger charge is 2.15. The maximum absolute atomic E-state index is 12.1. The zero-order chi connectivity index (χ0) is 18.1. The second-order valence-electron chi connectivity index (χ2n) is 5.44. The van der Waals surface area contributed by atoms with Crippen molar-refractivity contribution in [1.82, 2.24) is 20.4 Å².